The third kappa shape index (κ3) is 4.80. The second kappa shape index (κ2) is 9.56. The highest BCUT2D eigenvalue weighted by molar-refractivity contribution is 5.57. The zero-order valence-electron chi connectivity index (χ0n) is 14.1. The largest absolute Gasteiger partial charge is 0.497 e. The van der Waals surface area contributed by atoms with E-state index in [1.807, 2.05) is 38.1 Å². The molecule has 124 valence electrons. The molecule has 1 aromatic rings. The molecule has 3 atom stereocenters. The number of methoxy groups -OCH3 is 3. The standard InChI is InChI=1S/C17H27NO4/c1-13(12-19)18(10-11-20-3)17(14(2)21-4)15-6-8-16(22-5)9-7-15/h6-9,12-14,17H,10-11H2,1-5H3. The topological polar surface area (TPSA) is 48.0 Å². The normalized spacial score (nSPS) is 15.4. The predicted molar refractivity (Wildman–Crippen MR) is 86.3 cm³/mol. The van der Waals surface area contributed by atoms with Gasteiger partial charge in [0, 0.05) is 20.8 Å². The average Bonchev–Trinajstić information content (AvgIpc) is 2.57. The molecule has 0 aliphatic rings. The Hall–Kier alpha value is -1.43. The van der Waals surface area contributed by atoms with E-state index in [4.69, 9.17) is 14.2 Å². The molecule has 0 bridgehead atoms. The van der Waals surface area contributed by atoms with E-state index in [2.05, 4.69) is 4.90 Å². The van der Waals surface area contributed by atoms with Gasteiger partial charge in [-0.25, -0.2) is 0 Å². The van der Waals surface area contributed by atoms with Crippen LogP contribution in [-0.2, 0) is 14.3 Å². The zero-order valence-corrected chi connectivity index (χ0v) is 14.1. The summed E-state index contributed by atoms with van der Waals surface area (Å²) in [6, 6.07) is 7.61. The fraction of sp³-hybridized carbons (Fsp3) is 0.588. The van der Waals surface area contributed by atoms with Crippen molar-refractivity contribution in [3.63, 3.8) is 0 Å². The predicted octanol–water partition coefficient (Wildman–Crippen LogP) is 2.31. The molecule has 5 heteroatoms. The van der Waals surface area contributed by atoms with Crippen LogP contribution in [0.3, 0.4) is 0 Å². The summed E-state index contributed by atoms with van der Waals surface area (Å²) >= 11 is 0. The smallest absolute Gasteiger partial charge is 0.136 e. The number of carbonyl (C=O) groups is 1. The first-order chi connectivity index (χ1) is 10.6. The summed E-state index contributed by atoms with van der Waals surface area (Å²) in [7, 11) is 4.98. The molecule has 0 radical (unpaired) electrons. The minimum Gasteiger partial charge on any atom is -0.497 e. The van der Waals surface area contributed by atoms with E-state index in [9.17, 15) is 4.79 Å². The molecule has 5 nitrogen and oxygen atoms in total. The number of carbonyl (C=O) groups excluding carboxylic acids is 1. The third-order valence-corrected chi connectivity index (χ3v) is 3.90. The van der Waals surface area contributed by atoms with Crippen LogP contribution in [0.4, 0.5) is 0 Å². The third-order valence-electron chi connectivity index (χ3n) is 3.90. The van der Waals surface area contributed by atoms with E-state index in [0.29, 0.717) is 13.2 Å². The second-order valence-electron chi connectivity index (χ2n) is 5.27. The van der Waals surface area contributed by atoms with Gasteiger partial charge in [0.05, 0.1) is 31.9 Å². The number of rotatable bonds is 10. The van der Waals surface area contributed by atoms with E-state index in [1.54, 1.807) is 21.3 Å². The average molecular weight is 309 g/mol. The molecule has 0 fully saturated rings. The summed E-state index contributed by atoms with van der Waals surface area (Å²) in [5.41, 5.74) is 1.08. The van der Waals surface area contributed by atoms with Crippen molar-refractivity contribution in [2.24, 2.45) is 0 Å². The number of aldehydes is 1. The molecule has 1 rings (SSSR count). The van der Waals surface area contributed by atoms with Crippen molar-refractivity contribution in [2.75, 3.05) is 34.5 Å². The minimum absolute atomic E-state index is 0.0359. The van der Waals surface area contributed by atoms with Crippen LogP contribution in [0.25, 0.3) is 0 Å². The lowest BCUT2D eigenvalue weighted by atomic mass is 9.98. The van der Waals surface area contributed by atoms with Crippen molar-refractivity contribution in [1.29, 1.82) is 0 Å². The molecule has 0 heterocycles. The molecule has 0 saturated heterocycles. The highest BCUT2D eigenvalue weighted by Crippen LogP contribution is 2.29. The maximum absolute atomic E-state index is 11.3. The van der Waals surface area contributed by atoms with Gasteiger partial charge in [-0.3, -0.25) is 4.90 Å². The monoisotopic (exact) mass is 309 g/mol. The van der Waals surface area contributed by atoms with Gasteiger partial charge in [0.15, 0.2) is 0 Å². The van der Waals surface area contributed by atoms with Crippen molar-refractivity contribution in [3.8, 4) is 5.75 Å². The van der Waals surface area contributed by atoms with E-state index in [1.165, 1.54) is 0 Å². The molecule has 22 heavy (non-hydrogen) atoms. The number of benzene rings is 1. The van der Waals surface area contributed by atoms with Crippen LogP contribution in [-0.4, -0.2) is 57.8 Å². The first-order valence-electron chi connectivity index (χ1n) is 7.45. The van der Waals surface area contributed by atoms with Gasteiger partial charge in [0.2, 0.25) is 0 Å². The second-order valence-corrected chi connectivity index (χ2v) is 5.27. The molecular formula is C17H27NO4. The molecule has 0 spiro atoms. The van der Waals surface area contributed by atoms with Crippen LogP contribution in [0.15, 0.2) is 24.3 Å². The fourth-order valence-electron chi connectivity index (χ4n) is 2.53. The van der Waals surface area contributed by atoms with Gasteiger partial charge >= 0.3 is 0 Å². The van der Waals surface area contributed by atoms with Crippen molar-refractivity contribution < 1.29 is 19.0 Å². The molecule has 0 aliphatic carbocycles. The Bertz CT molecular complexity index is 435. The summed E-state index contributed by atoms with van der Waals surface area (Å²) in [6.07, 6.45) is 0.891. The minimum atomic E-state index is -0.222. The first-order valence-corrected chi connectivity index (χ1v) is 7.45. The van der Waals surface area contributed by atoms with Crippen molar-refractivity contribution >= 4 is 6.29 Å². The number of hydrogen-bond donors (Lipinski definition) is 0. The Labute approximate surface area is 133 Å². The maximum Gasteiger partial charge on any atom is 0.136 e. The van der Waals surface area contributed by atoms with Gasteiger partial charge in [-0.2, -0.15) is 0 Å². The summed E-state index contributed by atoms with van der Waals surface area (Å²) in [5, 5.41) is 0. The molecule has 0 N–H and O–H groups in total. The van der Waals surface area contributed by atoms with Gasteiger partial charge in [-0.1, -0.05) is 12.1 Å². The number of nitrogens with zero attached hydrogens (tertiary/aromatic N) is 1. The highest BCUT2D eigenvalue weighted by Gasteiger charge is 2.29. The van der Waals surface area contributed by atoms with Crippen molar-refractivity contribution in [3.05, 3.63) is 29.8 Å². The number of ether oxygens (including phenoxy) is 3. The van der Waals surface area contributed by atoms with Crippen molar-refractivity contribution in [2.45, 2.75) is 32.0 Å². The van der Waals surface area contributed by atoms with Crippen LogP contribution in [0.5, 0.6) is 5.75 Å². The van der Waals surface area contributed by atoms with E-state index in [-0.39, 0.29) is 18.2 Å². The van der Waals surface area contributed by atoms with Gasteiger partial charge in [0.25, 0.3) is 0 Å². The Morgan fingerprint density at radius 3 is 2.23 bits per heavy atom. The SMILES string of the molecule is COCCN(C(C)C=O)C(c1ccc(OC)cc1)C(C)OC. The molecule has 0 saturated carbocycles. The van der Waals surface area contributed by atoms with E-state index in [0.717, 1.165) is 17.6 Å². The Balaban J connectivity index is 3.13. The van der Waals surface area contributed by atoms with Crippen LogP contribution >= 0.6 is 0 Å². The van der Waals surface area contributed by atoms with Gasteiger partial charge in [0.1, 0.15) is 12.0 Å². The number of hydrogen-bond acceptors (Lipinski definition) is 5. The summed E-state index contributed by atoms with van der Waals surface area (Å²) in [4.78, 5) is 13.4. The molecule has 0 amide bonds. The van der Waals surface area contributed by atoms with Crippen LogP contribution < -0.4 is 4.74 Å². The van der Waals surface area contributed by atoms with Gasteiger partial charge in [-0.05, 0) is 31.5 Å². The molecule has 0 aromatic heterocycles. The van der Waals surface area contributed by atoms with Crippen LogP contribution in [0.2, 0.25) is 0 Å². The quantitative estimate of drug-likeness (QED) is 0.621. The lowest BCUT2D eigenvalue weighted by Crippen LogP contribution is -2.44. The van der Waals surface area contributed by atoms with Crippen LogP contribution in [0, 0.1) is 0 Å². The first kappa shape index (κ1) is 18.6. The van der Waals surface area contributed by atoms with E-state index < -0.39 is 0 Å². The van der Waals surface area contributed by atoms with Crippen molar-refractivity contribution in [1.82, 2.24) is 4.90 Å². The summed E-state index contributed by atoms with van der Waals surface area (Å²) in [6.45, 7) is 5.11. The molecule has 3 unspecified atom stereocenters. The van der Waals surface area contributed by atoms with Gasteiger partial charge < -0.3 is 19.0 Å². The molecule has 1 aromatic carbocycles. The lowest BCUT2D eigenvalue weighted by molar-refractivity contribution is -0.114. The van der Waals surface area contributed by atoms with Gasteiger partial charge in [-0.15, -0.1) is 0 Å². The Kier molecular flexibility index (Phi) is 8.09. The highest BCUT2D eigenvalue weighted by atomic mass is 16.5. The molecular weight excluding hydrogens is 282 g/mol. The maximum atomic E-state index is 11.3. The zero-order chi connectivity index (χ0) is 16.5. The van der Waals surface area contributed by atoms with Crippen LogP contribution in [0.1, 0.15) is 25.5 Å². The summed E-state index contributed by atoms with van der Waals surface area (Å²) in [5.74, 6) is 0.805. The Morgan fingerprint density at radius 2 is 1.77 bits per heavy atom. The lowest BCUT2D eigenvalue weighted by Gasteiger charge is -2.37. The molecule has 0 aliphatic heterocycles. The summed E-state index contributed by atoms with van der Waals surface area (Å²) < 4.78 is 15.9. The van der Waals surface area contributed by atoms with E-state index >= 15 is 0 Å². The Morgan fingerprint density at radius 1 is 1.14 bits per heavy atom. The fourth-order valence-corrected chi connectivity index (χ4v) is 2.53.